The van der Waals surface area contributed by atoms with Crippen LogP contribution in [0.3, 0.4) is 0 Å². The van der Waals surface area contributed by atoms with Crippen LogP contribution in [0.2, 0.25) is 0 Å². The summed E-state index contributed by atoms with van der Waals surface area (Å²) in [6.45, 7) is 1.28. The average Bonchev–Trinajstić information content (AvgIpc) is 3.11. The maximum absolute atomic E-state index is 12.3. The fourth-order valence-corrected chi connectivity index (χ4v) is 2.98. The van der Waals surface area contributed by atoms with E-state index in [1.54, 1.807) is 4.90 Å². The van der Waals surface area contributed by atoms with E-state index in [2.05, 4.69) is 10.2 Å². The van der Waals surface area contributed by atoms with Crippen LogP contribution in [0.1, 0.15) is 40.4 Å². The van der Waals surface area contributed by atoms with Crippen LogP contribution in [-0.4, -0.2) is 45.4 Å². The number of likely N-dealkylation sites (tertiary alicyclic amines) is 1. The first kappa shape index (κ1) is 16.0. The molecular weight excluding hydrogens is 310 g/mol. The number of aromatic carboxylic acids is 1. The van der Waals surface area contributed by atoms with Crippen LogP contribution in [0.15, 0.2) is 36.5 Å². The summed E-state index contributed by atoms with van der Waals surface area (Å²) in [7, 11) is 0. The zero-order valence-electron chi connectivity index (χ0n) is 13.1. The van der Waals surface area contributed by atoms with Gasteiger partial charge in [-0.15, -0.1) is 0 Å². The van der Waals surface area contributed by atoms with Gasteiger partial charge >= 0.3 is 12.1 Å². The van der Waals surface area contributed by atoms with E-state index < -0.39 is 5.97 Å². The molecule has 7 heteroatoms. The highest BCUT2D eigenvalue weighted by Crippen LogP contribution is 2.28. The molecule has 0 saturated carbocycles. The van der Waals surface area contributed by atoms with Gasteiger partial charge in [0.25, 0.3) is 0 Å². The fraction of sp³-hybridized carbons (Fsp3) is 0.353. The smallest absolute Gasteiger partial charge is 0.410 e. The number of benzene rings is 1. The number of carbonyl (C=O) groups is 2. The molecule has 1 aromatic carbocycles. The van der Waals surface area contributed by atoms with Gasteiger partial charge < -0.3 is 14.7 Å². The number of ether oxygens (including phenoxy) is 1. The number of amides is 1. The van der Waals surface area contributed by atoms with Crippen molar-refractivity contribution in [3.05, 3.63) is 53.3 Å². The third kappa shape index (κ3) is 3.56. The Morgan fingerprint density at radius 2 is 2.12 bits per heavy atom. The lowest BCUT2D eigenvalue weighted by Crippen LogP contribution is -2.39. The van der Waals surface area contributed by atoms with Crippen molar-refractivity contribution in [3.63, 3.8) is 0 Å². The second kappa shape index (κ2) is 7.16. The van der Waals surface area contributed by atoms with Crippen LogP contribution in [0.4, 0.5) is 4.79 Å². The van der Waals surface area contributed by atoms with Gasteiger partial charge in [0.05, 0.1) is 6.20 Å². The number of nitrogens with zero attached hydrogens (tertiary/aromatic N) is 2. The van der Waals surface area contributed by atoms with E-state index in [9.17, 15) is 14.7 Å². The predicted molar refractivity (Wildman–Crippen MR) is 85.7 cm³/mol. The van der Waals surface area contributed by atoms with E-state index in [0.29, 0.717) is 18.7 Å². The van der Waals surface area contributed by atoms with Crippen molar-refractivity contribution in [2.45, 2.75) is 25.4 Å². The van der Waals surface area contributed by atoms with Gasteiger partial charge in [-0.1, -0.05) is 30.3 Å². The molecule has 24 heavy (non-hydrogen) atoms. The minimum atomic E-state index is -1.04. The Morgan fingerprint density at radius 1 is 1.33 bits per heavy atom. The first-order valence-corrected chi connectivity index (χ1v) is 7.87. The van der Waals surface area contributed by atoms with Crippen LogP contribution < -0.4 is 0 Å². The van der Waals surface area contributed by atoms with Gasteiger partial charge in [0.1, 0.15) is 12.3 Å². The largest absolute Gasteiger partial charge is 0.477 e. The summed E-state index contributed by atoms with van der Waals surface area (Å²) in [6, 6.07) is 9.50. The number of H-pyrrole nitrogens is 1. The monoisotopic (exact) mass is 329 g/mol. The molecule has 1 fully saturated rings. The Hall–Kier alpha value is -2.83. The number of rotatable bonds is 4. The number of carboxylic acids is 1. The minimum Gasteiger partial charge on any atom is -0.477 e. The van der Waals surface area contributed by atoms with Crippen molar-refractivity contribution in [1.29, 1.82) is 0 Å². The summed E-state index contributed by atoms with van der Waals surface area (Å²) in [5, 5.41) is 15.5. The molecule has 1 aliphatic heterocycles. The molecular formula is C17H19N3O4. The summed E-state index contributed by atoms with van der Waals surface area (Å²) in [4.78, 5) is 25.1. The number of piperidine rings is 1. The highest BCUT2D eigenvalue weighted by Gasteiger charge is 2.29. The molecule has 7 nitrogen and oxygen atoms in total. The molecule has 0 spiro atoms. The van der Waals surface area contributed by atoms with E-state index in [0.717, 1.165) is 18.4 Å². The first-order valence-electron chi connectivity index (χ1n) is 7.87. The summed E-state index contributed by atoms with van der Waals surface area (Å²) in [5.74, 6) is -1.08. The number of nitrogens with one attached hydrogen (secondary N) is 1. The normalized spacial score (nSPS) is 17.5. The van der Waals surface area contributed by atoms with Gasteiger partial charge in [-0.3, -0.25) is 5.10 Å². The van der Waals surface area contributed by atoms with E-state index in [1.807, 2.05) is 30.3 Å². The van der Waals surface area contributed by atoms with E-state index in [4.69, 9.17) is 4.74 Å². The third-order valence-electron chi connectivity index (χ3n) is 4.21. The minimum absolute atomic E-state index is 0.0483. The molecule has 126 valence electrons. The van der Waals surface area contributed by atoms with E-state index in [-0.39, 0.29) is 24.3 Å². The predicted octanol–water partition coefficient (Wildman–Crippen LogP) is 2.62. The van der Waals surface area contributed by atoms with Crippen molar-refractivity contribution < 1.29 is 19.4 Å². The Labute approximate surface area is 139 Å². The Morgan fingerprint density at radius 3 is 2.88 bits per heavy atom. The van der Waals surface area contributed by atoms with Crippen molar-refractivity contribution in [3.8, 4) is 0 Å². The summed E-state index contributed by atoms with van der Waals surface area (Å²) < 4.78 is 5.36. The van der Waals surface area contributed by atoms with Crippen molar-refractivity contribution in [2.75, 3.05) is 13.1 Å². The number of aromatic nitrogens is 2. The molecule has 1 amide bonds. The maximum Gasteiger partial charge on any atom is 0.410 e. The third-order valence-corrected chi connectivity index (χ3v) is 4.21. The quantitative estimate of drug-likeness (QED) is 0.899. The maximum atomic E-state index is 12.3. The topological polar surface area (TPSA) is 95.5 Å². The van der Waals surface area contributed by atoms with Crippen molar-refractivity contribution in [1.82, 2.24) is 15.1 Å². The van der Waals surface area contributed by atoms with Crippen molar-refractivity contribution in [2.24, 2.45) is 0 Å². The lowest BCUT2D eigenvalue weighted by Gasteiger charge is -2.31. The van der Waals surface area contributed by atoms with Gasteiger partial charge in [-0.05, 0) is 18.4 Å². The molecule has 1 aliphatic rings. The number of hydrogen-bond acceptors (Lipinski definition) is 4. The first-order chi connectivity index (χ1) is 11.6. The van der Waals surface area contributed by atoms with Gasteiger partial charge in [0, 0.05) is 24.6 Å². The van der Waals surface area contributed by atoms with E-state index in [1.165, 1.54) is 6.20 Å². The molecule has 0 bridgehead atoms. The molecule has 2 heterocycles. The van der Waals surface area contributed by atoms with Crippen LogP contribution >= 0.6 is 0 Å². The van der Waals surface area contributed by atoms with E-state index >= 15 is 0 Å². The molecule has 1 unspecified atom stereocenters. The highest BCUT2D eigenvalue weighted by molar-refractivity contribution is 5.87. The Kier molecular flexibility index (Phi) is 4.79. The van der Waals surface area contributed by atoms with Gasteiger partial charge in [0.2, 0.25) is 0 Å². The van der Waals surface area contributed by atoms with Crippen molar-refractivity contribution >= 4 is 12.1 Å². The molecule has 1 atom stereocenters. The Bertz CT molecular complexity index is 714. The zero-order valence-corrected chi connectivity index (χ0v) is 13.1. The lowest BCUT2D eigenvalue weighted by molar-refractivity contribution is 0.0687. The Balaban J connectivity index is 1.61. The molecule has 3 rings (SSSR count). The van der Waals surface area contributed by atoms with Crippen LogP contribution in [0, 0.1) is 0 Å². The molecule has 0 aliphatic carbocycles. The summed E-state index contributed by atoms with van der Waals surface area (Å²) in [6.07, 6.45) is 2.79. The van der Waals surface area contributed by atoms with Crippen LogP contribution in [0.5, 0.6) is 0 Å². The second-order valence-corrected chi connectivity index (χ2v) is 5.83. The zero-order chi connectivity index (χ0) is 16.9. The summed E-state index contributed by atoms with van der Waals surface area (Å²) in [5.41, 5.74) is 1.67. The fourth-order valence-electron chi connectivity index (χ4n) is 2.98. The summed E-state index contributed by atoms with van der Waals surface area (Å²) >= 11 is 0. The number of carbonyl (C=O) groups excluding carboxylic acids is 1. The molecule has 0 radical (unpaired) electrons. The lowest BCUT2D eigenvalue weighted by atomic mass is 9.91. The van der Waals surface area contributed by atoms with Gasteiger partial charge in [-0.2, -0.15) is 5.10 Å². The second-order valence-electron chi connectivity index (χ2n) is 5.83. The van der Waals surface area contributed by atoms with Crippen LogP contribution in [0.25, 0.3) is 0 Å². The van der Waals surface area contributed by atoms with Gasteiger partial charge in [-0.25, -0.2) is 9.59 Å². The SMILES string of the molecule is O=C(O)c1[nH]ncc1C1CCCN(C(=O)OCc2ccccc2)C1. The molecule has 2 N–H and O–H groups in total. The molecule has 2 aromatic rings. The number of hydrogen-bond donors (Lipinski definition) is 2. The highest BCUT2D eigenvalue weighted by atomic mass is 16.6. The average molecular weight is 329 g/mol. The standard InChI is InChI=1S/C17H19N3O4/c21-16(22)15-14(9-18-19-15)13-7-4-8-20(10-13)17(23)24-11-12-5-2-1-3-6-12/h1-3,5-6,9,13H,4,7-8,10-11H2,(H,18,19)(H,21,22). The number of carboxylic acid groups (broad SMARTS) is 1. The molecule has 1 saturated heterocycles. The molecule has 1 aromatic heterocycles. The van der Waals surface area contributed by atoms with Crippen LogP contribution in [-0.2, 0) is 11.3 Å². The number of aromatic amines is 1. The van der Waals surface area contributed by atoms with Gasteiger partial charge in [0.15, 0.2) is 0 Å².